The SMILES string of the molecule is CCCC(C)(C(=O)O)c1cc(C(F)(F)F)ccc1N. The number of alkyl halides is 3. The third kappa shape index (κ3) is 3.00. The molecule has 106 valence electrons. The molecule has 0 aliphatic heterocycles. The Morgan fingerprint density at radius 1 is 1.37 bits per heavy atom. The molecule has 0 heterocycles. The molecule has 1 aromatic rings. The van der Waals surface area contributed by atoms with E-state index in [0.29, 0.717) is 6.42 Å². The molecule has 0 saturated carbocycles. The highest BCUT2D eigenvalue weighted by Crippen LogP contribution is 2.38. The van der Waals surface area contributed by atoms with Crippen LogP contribution < -0.4 is 5.73 Å². The molecule has 0 amide bonds. The van der Waals surface area contributed by atoms with Crippen LogP contribution in [0.1, 0.15) is 37.8 Å². The summed E-state index contributed by atoms with van der Waals surface area (Å²) in [7, 11) is 0. The molecule has 0 spiro atoms. The standard InChI is InChI=1S/C13H16F3NO2/c1-3-6-12(2,11(18)19)9-7-8(13(14,15)16)4-5-10(9)17/h4-5,7H,3,6,17H2,1-2H3,(H,18,19). The summed E-state index contributed by atoms with van der Waals surface area (Å²) < 4.78 is 38.1. The van der Waals surface area contributed by atoms with Gasteiger partial charge in [-0.3, -0.25) is 4.79 Å². The van der Waals surface area contributed by atoms with Gasteiger partial charge in [-0.05, 0) is 37.1 Å². The van der Waals surface area contributed by atoms with Crippen LogP contribution in [0.15, 0.2) is 18.2 Å². The molecule has 0 aromatic heterocycles. The Bertz CT molecular complexity index is 485. The maximum Gasteiger partial charge on any atom is 0.416 e. The van der Waals surface area contributed by atoms with Crippen molar-refractivity contribution in [2.24, 2.45) is 0 Å². The van der Waals surface area contributed by atoms with Crippen molar-refractivity contribution in [1.82, 2.24) is 0 Å². The van der Waals surface area contributed by atoms with Crippen LogP contribution in [0.5, 0.6) is 0 Å². The third-order valence-corrected chi connectivity index (χ3v) is 3.20. The number of halogens is 3. The van der Waals surface area contributed by atoms with Gasteiger partial charge >= 0.3 is 12.1 Å². The molecule has 1 aromatic carbocycles. The van der Waals surface area contributed by atoms with Crippen LogP contribution >= 0.6 is 0 Å². The smallest absolute Gasteiger partial charge is 0.416 e. The van der Waals surface area contributed by atoms with Gasteiger partial charge in [-0.15, -0.1) is 0 Å². The summed E-state index contributed by atoms with van der Waals surface area (Å²) in [6, 6.07) is 2.79. The molecule has 0 radical (unpaired) electrons. The third-order valence-electron chi connectivity index (χ3n) is 3.20. The summed E-state index contributed by atoms with van der Waals surface area (Å²) in [6.07, 6.45) is -3.78. The number of carbonyl (C=O) groups is 1. The summed E-state index contributed by atoms with van der Waals surface area (Å²) >= 11 is 0. The van der Waals surface area contributed by atoms with Crippen LogP contribution in [0.25, 0.3) is 0 Å². The molecule has 0 bridgehead atoms. The highest BCUT2D eigenvalue weighted by Gasteiger charge is 2.38. The van der Waals surface area contributed by atoms with Gasteiger partial charge in [-0.25, -0.2) is 0 Å². The monoisotopic (exact) mass is 275 g/mol. The molecule has 0 saturated heterocycles. The average Bonchev–Trinajstić information content (AvgIpc) is 2.27. The van der Waals surface area contributed by atoms with Crippen molar-refractivity contribution in [1.29, 1.82) is 0 Å². The first-order valence-electron chi connectivity index (χ1n) is 5.83. The fourth-order valence-corrected chi connectivity index (χ4v) is 2.07. The summed E-state index contributed by atoms with van der Waals surface area (Å²) in [6.45, 7) is 3.16. The van der Waals surface area contributed by atoms with E-state index < -0.39 is 23.1 Å². The molecular formula is C13H16F3NO2. The Morgan fingerprint density at radius 2 is 1.95 bits per heavy atom. The normalized spacial score (nSPS) is 15.0. The first-order valence-corrected chi connectivity index (χ1v) is 5.83. The molecule has 6 heteroatoms. The Kier molecular flexibility index (Phi) is 4.12. The molecule has 0 aliphatic rings. The van der Waals surface area contributed by atoms with E-state index in [2.05, 4.69) is 0 Å². The number of hydrogen-bond donors (Lipinski definition) is 2. The van der Waals surface area contributed by atoms with Crippen molar-refractivity contribution in [3.63, 3.8) is 0 Å². The van der Waals surface area contributed by atoms with E-state index in [9.17, 15) is 23.1 Å². The van der Waals surface area contributed by atoms with Crippen LogP contribution in [0, 0.1) is 0 Å². The summed E-state index contributed by atoms with van der Waals surface area (Å²) in [5, 5.41) is 9.30. The minimum Gasteiger partial charge on any atom is -0.481 e. The number of rotatable bonds is 4. The fourth-order valence-electron chi connectivity index (χ4n) is 2.07. The highest BCUT2D eigenvalue weighted by molar-refractivity contribution is 5.83. The number of benzene rings is 1. The van der Waals surface area contributed by atoms with E-state index in [4.69, 9.17) is 5.73 Å². The molecule has 0 aliphatic carbocycles. The number of carboxylic acids is 1. The van der Waals surface area contributed by atoms with Gasteiger partial charge in [0.1, 0.15) is 0 Å². The number of nitrogens with two attached hydrogens (primary N) is 1. The zero-order valence-corrected chi connectivity index (χ0v) is 10.7. The van der Waals surface area contributed by atoms with Crippen LogP contribution in [0.4, 0.5) is 18.9 Å². The summed E-state index contributed by atoms with van der Waals surface area (Å²) in [5.74, 6) is -1.18. The number of nitrogen functional groups attached to an aromatic ring is 1. The molecule has 3 nitrogen and oxygen atoms in total. The highest BCUT2D eigenvalue weighted by atomic mass is 19.4. The van der Waals surface area contributed by atoms with Crippen molar-refractivity contribution in [3.05, 3.63) is 29.3 Å². The summed E-state index contributed by atoms with van der Waals surface area (Å²) in [5.41, 5.74) is 3.42. The Morgan fingerprint density at radius 3 is 2.37 bits per heavy atom. The molecule has 1 atom stereocenters. The van der Waals surface area contributed by atoms with E-state index in [0.717, 1.165) is 18.2 Å². The molecule has 19 heavy (non-hydrogen) atoms. The van der Waals surface area contributed by atoms with E-state index in [-0.39, 0.29) is 17.7 Å². The molecule has 3 N–H and O–H groups in total. The fraction of sp³-hybridized carbons (Fsp3) is 0.462. The minimum atomic E-state index is -4.52. The predicted octanol–water partition coefficient (Wildman–Crippen LogP) is 3.43. The van der Waals surface area contributed by atoms with Crippen LogP contribution in [-0.4, -0.2) is 11.1 Å². The van der Waals surface area contributed by atoms with E-state index in [1.807, 2.05) is 0 Å². The van der Waals surface area contributed by atoms with Crippen molar-refractivity contribution in [3.8, 4) is 0 Å². The van der Waals surface area contributed by atoms with E-state index >= 15 is 0 Å². The van der Waals surface area contributed by atoms with Crippen molar-refractivity contribution in [2.45, 2.75) is 38.3 Å². The second-order valence-electron chi connectivity index (χ2n) is 4.69. The lowest BCUT2D eigenvalue weighted by molar-refractivity contribution is -0.144. The largest absolute Gasteiger partial charge is 0.481 e. The van der Waals surface area contributed by atoms with Gasteiger partial charge in [0.15, 0.2) is 0 Å². The second kappa shape index (κ2) is 5.11. The van der Waals surface area contributed by atoms with Gasteiger partial charge in [0.2, 0.25) is 0 Å². The lowest BCUT2D eigenvalue weighted by Crippen LogP contribution is -2.33. The van der Waals surface area contributed by atoms with Crippen LogP contribution in [0.3, 0.4) is 0 Å². The van der Waals surface area contributed by atoms with Crippen LogP contribution in [0.2, 0.25) is 0 Å². The lowest BCUT2D eigenvalue weighted by Gasteiger charge is -2.27. The van der Waals surface area contributed by atoms with Crippen molar-refractivity contribution >= 4 is 11.7 Å². The van der Waals surface area contributed by atoms with E-state index in [1.54, 1.807) is 6.92 Å². The molecular weight excluding hydrogens is 259 g/mol. The maximum absolute atomic E-state index is 12.7. The van der Waals surface area contributed by atoms with Gasteiger partial charge in [-0.2, -0.15) is 13.2 Å². The maximum atomic E-state index is 12.7. The Hall–Kier alpha value is -1.72. The number of aliphatic carboxylic acids is 1. The van der Waals surface area contributed by atoms with Gasteiger partial charge in [0.25, 0.3) is 0 Å². The Labute approximate surface area is 109 Å². The molecule has 0 fully saturated rings. The quantitative estimate of drug-likeness (QED) is 0.827. The first-order chi connectivity index (χ1) is 8.63. The van der Waals surface area contributed by atoms with Gasteiger partial charge < -0.3 is 10.8 Å². The molecule has 1 rings (SSSR count). The Balaban J connectivity index is 3.43. The lowest BCUT2D eigenvalue weighted by atomic mass is 9.77. The van der Waals surface area contributed by atoms with E-state index in [1.165, 1.54) is 6.92 Å². The second-order valence-corrected chi connectivity index (χ2v) is 4.69. The first kappa shape index (κ1) is 15.3. The minimum absolute atomic E-state index is 0.0108. The summed E-state index contributed by atoms with van der Waals surface area (Å²) in [4.78, 5) is 11.4. The number of hydrogen-bond acceptors (Lipinski definition) is 2. The zero-order valence-electron chi connectivity index (χ0n) is 10.7. The number of carboxylic acid groups (broad SMARTS) is 1. The van der Waals surface area contributed by atoms with Crippen LogP contribution in [-0.2, 0) is 16.4 Å². The van der Waals surface area contributed by atoms with Gasteiger partial charge in [0, 0.05) is 5.69 Å². The van der Waals surface area contributed by atoms with Crippen molar-refractivity contribution < 1.29 is 23.1 Å². The zero-order chi connectivity index (χ0) is 14.8. The van der Waals surface area contributed by atoms with Crippen molar-refractivity contribution in [2.75, 3.05) is 5.73 Å². The average molecular weight is 275 g/mol. The van der Waals surface area contributed by atoms with Gasteiger partial charge in [-0.1, -0.05) is 13.3 Å². The molecule has 1 unspecified atom stereocenters. The number of anilines is 1. The predicted molar refractivity (Wildman–Crippen MR) is 65.8 cm³/mol. The van der Waals surface area contributed by atoms with Gasteiger partial charge in [0.05, 0.1) is 11.0 Å². The topological polar surface area (TPSA) is 63.3 Å².